The Labute approximate surface area is 82.9 Å². The first kappa shape index (κ1) is 10.5. The second kappa shape index (κ2) is 4.58. The third-order valence-electron chi connectivity index (χ3n) is 1.97. The minimum atomic E-state index is -0.169. The van der Waals surface area contributed by atoms with Gasteiger partial charge >= 0.3 is 0 Å². The van der Waals surface area contributed by atoms with Gasteiger partial charge in [-0.3, -0.25) is 0 Å². The molecule has 0 spiro atoms. The van der Waals surface area contributed by atoms with Crippen molar-refractivity contribution in [3.05, 3.63) is 34.1 Å². The summed E-state index contributed by atoms with van der Waals surface area (Å²) in [7, 11) is 1.84. The van der Waals surface area contributed by atoms with Gasteiger partial charge in [0.2, 0.25) is 0 Å². The summed E-state index contributed by atoms with van der Waals surface area (Å²) in [6.45, 7) is 2.56. The maximum Gasteiger partial charge on any atom is 0.126 e. The van der Waals surface area contributed by atoms with Crippen LogP contribution in [-0.4, -0.2) is 13.6 Å². The Kier molecular flexibility index (Phi) is 3.70. The van der Waals surface area contributed by atoms with Crippen LogP contribution in [0.25, 0.3) is 0 Å². The lowest BCUT2D eigenvalue weighted by atomic mass is 10.1. The molecular formula is C10H13ClFN. The smallest absolute Gasteiger partial charge is 0.126 e. The molecule has 0 saturated carbocycles. The monoisotopic (exact) mass is 201 g/mol. The van der Waals surface area contributed by atoms with Crippen molar-refractivity contribution in [2.45, 2.75) is 13.3 Å². The SMILES string of the molecule is CNCCc1cc(Cl)c(C)cc1F. The van der Waals surface area contributed by atoms with Crippen molar-refractivity contribution in [2.75, 3.05) is 13.6 Å². The summed E-state index contributed by atoms with van der Waals surface area (Å²) in [4.78, 5) is 0. The molecule has 0 fully saturated rings. The highest BCUT2D eigenvalue weighted by molar-refractivity contribution is 6.31. The molecule has 1 N–H and O–H groups in total. The van der Waals surface area contributed by atoms with Gasteiger partial charge in [0.05, 0.1) is 0 Å². The van der Waals surface area contributed by atoms with Crippen LogP contribution in [0, 0.1) is 12.7 Å². The molecule has 0 aliphatic carbocycles. The molecule has 1 rings (SSSR count). The lowest BCUT2D eigenvalue weighted by Gasteiger charge is -2.05. The van der Waals surface area contributed by atoms with Crippen molar-refractivity contribution in [3.63, 3.8) is 0 Å². The Morgan fingerprint density at radius 2 is 2.15 bits per heavy atom. The van der Waals surface area contributed by atoms with Gasteiger partial charge in [-0.25, -0.2) is 4.39 Å². The van der Waals surface area contributed by atoms with Crippen molar-refractivity contribution >= 4 is 11.6 Å². The predicted octanol–water partition coefficient (Wildman–Crippen LogP) is 2.55. The molecule has 0 heterocycles. The first-order valence-electron chi connectivity index (χ1n) is 4.24. The average molecular weight is 202 g/mol. The van der Waals surface area contributed by atoms with Crippen LogP contribution in [0.5, 0.6) is 0 Å². The van der Waals surface area contributed by atoms with Crippen molar-refractivity contribution in [2.24, 2.45) is 0 Å². The number of halogens is 2. The van der Waals surface area contributed by atoms with Crippen LogP contribution in [0.3, 0.4) is 0 Å². The Morgan fingerprint density at radius 1 is 1.46 bits per heavy atom. The van der Waals surface area contributed by atoms with Crippen LogP contribution in [-0.2, 0) is 6.42 Å². The largest absolute Gasteiger partial charge is 0.319 e. The zero-order valence-corrected chi connectivity index (χ0v) is 8.58. The number of hydrogen-bond acceptors (Lipinski definition) is 1. The molecule has 1 aromatic carbocycles. The maximum atomic E-state index is 13.3. The van der Waals surface area contributed by atoms with Gasteiger partial charge in [-0.05, 0) is 50.2 Å². The van der Waals surface area contributed by atoms with Crippen molar-refractivity contribution in [1.82, 2.24) is 5.32 Å². The van der Waals surface area contributed by atoms with Gasteiger partial charge in [0.1, 0.15) is 5.82 Å². The number of rotatable bonds is 3. The fourth-order valence-corrected chi connectivity index (χ4v) is 1.32. The highest BCUT2D eigenvalue weighted by Gasteiger charge is 2.04. The normalized spacial score (nSPS) is 10.5. The summed E-state index contributed by atoms with van der Waals surface area (Å²) in [5.41, 5.74) is 1.46. The molecule has 0 atom stereocenters. The number of benzene rings is 1. The van der Waals surface area contributed by atoms with E-state index < -0.39 is 0 Å². The van der Waals surface area contributed by atoms with Gasteiger partial charge in [0, 0.05) is 5.02 Å². The molecule has 13 heavy (non-hydrogen) atoms. The van der Waals surface area contributed by atoms with E-state index in [9.17, 15) is 4.39 Å². The van der Waals surface area contributed by atoms with E-state index in [1.54, 1.807) is 13.0 Å². The van der Waals surface area contributed by atoms with Gasteiger partial charge in [0.25, 0.3) is 0 Å². The van der Waals surface area contributed by atoms with Crippen LogP contribution in [0.1, 0.15) is 11.1 Å². The van der Waals surface area contributed by atoms with E-state index in [2.05, 4.69) is 5.32 Å². The number of nitrogens with one attached hydrogen (secondary N) is 1. The van der Waals surface area contributed by atoms with E-state index in [-0.39, 0.29) is 5.82 Å². The summed E-state index contributed by atoms with van der Waals surface area (Å²) in [6.07, 6.45) is 0.669. The molecule has 0 saturated heterocycles. The lowest BCUT2D eigenvalue weighted by Crippen LogP contribution is -2.11. The highest BCUT2D eigenvalue weighted by atomic mass is 35.5. The van der Waals surface area contributed by atoms with Crippen LogP contribution in [0.4, 0.5) is 4.39 Å². The van der Waals surface area contributed by atoms with Crippen molar-refractivity contribution < 1.29 is 4.39 Å². The van der Waals surface area contributed by atoms with Crippen LogP contribution in [0.2, 0.25) is 5.02 Å². The van der Waals surface area contributed by atoms with Gasteiger partial charge in [0.15, 0.2) is 0 Å². The van der Waals surface area contributed by atoms with Crippen LogP contribution in [0.15, 0.2) is 12.1 Å². The zero-order chi connectivity index (χ0) is 9.84. The minimum absolute atomic E-state index is 0.169. The van der Waals surface area contributed by atoms with Crippen molar-refractivity contribution in [3.8, 4) is 0 Å². The van der Waals surface area contributed by atoms with Crippen molar-refractivity contribution in [1.29, 1.82) is 0 Å². The fourth-order valence-electron chi connectivity index (χ4n) is 1.14. The Hall–Kier alpha value is -0.600. The number of hydrogen-bond donors (Lipinski definition) is 1. The third kappa shape index (κ3) is 2.68. The highest BCUT2D eigenvalue weighted by Crippen LogP contribution is 2.20. The molecule has 0 bridgehead atoms. The molecule has 0 amide bonds. The standard InChI is InChI=1S/C10H13ClFN/c1-7-5-10(12)8(3-4-13-2)6-9(7)11/h5-6,13H,3-4H2,1-2H3. The molecule has 0 aliphatic heterocycles. The molecule has 0 aliphatic rings. The number of likely N-dealkylation sites (N-methyl/N-ethyl adjacent to an activating group) is 1. The Balaban J connectivity index is 2.88. The van der Waals surface area contributed by atoms with Gasteiger partial charge in [-0.1, -0.05) is 11.6 Å². The van der Waals surface area contributed by atoms with Crippen LogP contribution >= 0.6 is 11.6 Å². The van der Waals surface area contributed by atoms with E-state index in [1.807, 2.05) is 7.05 Å². The van der Waals surface area contributed by atoms with Gasteiger partial charge in [-0.15, -0.1) is 0 Å². The lowest BCUT2D eigenvalue weighted by molar-refractivity contribution is 0.604. The summed E-state index contributed by atoms with van der Waals surface area (Å²) in [5.74, 6) is -0.169. The maximum absolute atomic E-state index is 13.3. The fraction of sp³-hybridized carbons (Fsp3) is 0.400. The number of aryl methyl sites for hydroxylation is 1. The molecule has 1 nitrogen and oxygen atoms in total. The summed E-state index contributed by atoms with van der Waals surface area (Å²) in [6, 6.07) is 3.18. The van der Waals surface area contributed by atoms with Gasteiger partial charge in [-0.2, -0.15) is 0 Å². The summed E-state index contributed by atoms with van der Waals surface area (Å²) < 4.78 is 13.3. The third-order valence-corrected chi connectivity index (χ3v) is 2.38. The molecule has 72 valence electrons. The molecule has 3 heteroatoms. The first-order chi connectivity index (χ1) is 6.15. The first-order valence-corrected chi connectivity index (χ1v) is 4.62. The van der Waals surface area contributed by atoms with Crippen LogP contribution < -0.4 is 5.32 Å². The van der Waals surface area contributed by atoms with E-state index in [1.165, 1.54) is 6.07 Å². The Bertz CT molecular complexity index is 299. The second-order valence-electron chi connectivity index (χ2n) is 3.05. The topological polar surface area (TPSA) is 12.0 Å². The molecular weight excluding hydrogens is 189 g/mol. The molecule has 1 aromatic rings. The van der Waals surface area contributed by atoms with Gasteiger partial charge < -0.3 is 5.32 Å². The van der Waals surface area contributed by atoms with E-state index in [0.29, 0.717) is 17.0 Å². The minimum Gasteiger partial charge on any atom is -0.319 e. The predicted molar refractivity (Wildman–Crippen MR) is 53.8 cm³/mol. The summed E-state index contributed by atoms with van der Waals surface area (Å²) >= 11 is 5.88. The zero-order valence-electron chi connectivity index (χ0n) is 7.82. The quantitative estimate of drug-likeness (QED) is 0.793. The molecule has 0 aromatic heterocycles. The molecule has 0 unspecified atom stereocenters. The summed E-state index contributed by atoms with van der Waals surface area (Å²) in [5, 5.41) is 3.60. The van der Waals surface area contributed by atoms with E-state index >= 15 is 0 Å². The second-order valence-corrected chi connectivity index (χ2v) is 3.45. The van der Waals surface area contributed by atoms with E-state index in [4.69, 9.17) is 11.6 Å². The van der Waals surface area contributed by atoms with E-state index in [0.717, 1.165) is 12.1 Å². The molecule has 0 radical (unpaired) electrons. The Morgan fingerprint density at radius 3 is 2.77 bits per heavy atom. The average Bonchev–Trinajstić information content (AvgIpc) is 2.09.